The highest BCUT2D eigenvalue weighted by Crippen LogP contribution is 2.48. The van der Waals surface area contributed by atoms with Crippen LogP contribution in [0, 0.1) is 5.41 Å². The maximum absolute atomic E-state index is 13.2. The highest BCUT2D eigenvalue weighted by Gasteiger charge is 2.33. The van der Waals surface area contributed by atoms with Crippen molar-refractivity contribution in [2.24, 2.45) is 11.1 Å². The van der Waals surface area contributed by atoms with Gasteiger partial charge < -0.3 is 19.8 Å². The summed E-state index contributed by atoms with van der Waals surface area (Å²) in [5, 5.41) is 0.459. The van der Waals surface area contributed by atoms with Gasteiger partial charge in [-0.25, -0.2) is 4.79 Å². The number of nitrogens with two attached hydrogens (primary N) is 1. The molecule has 0 bridgehead atoms. The Morgan fingerprint density at radius 2 is 2.09 bits per heavy atom. The molecular weight excluding hydrogens is 436 g/mol. The fraction of sp³-hybridized carbons (Fsp3) is 0.462. The summed E-state index contributed by atoms with van der Waals surface area (Å²) in [4.78, 5) is 27.6. The third-order valence-electron chi connectivity index (χ3n) is 6.31. The Kier molecular flexibility index (Phi) is 6.47. The zero-order valence-corrected chi connectivity index (χ0v) is 20.6. The van der Waals surface area contributed by atoms with E-state index in [1.54, 1.807) is 38.1 Å². The number of nitrogens with zero attached hydrogens (tertiary/aromatic N) is 1. The van der Waals surface area contributed by atoms with E-state index in [9.17, 15) is 9.59 Å². The molecule has 1 saturated carbocycles. The molecule has 0 saturated heterocycles. The number of esters is 1. The molecule has 4 rings (SSSR count). The summed E-state index contributed by atoms with van der Waals surface area (Å²) in [5.41, 5.74) is 8.31. The zero-order chi connectivity index (χ0) is 23.9. The first-order valence-corrected chi connectivity index (χ1v) is 12.2. The number of hydrogen-bond acceptors (Lipinski definition) is 6. The van der Waals surface area contributed by atoms with Gasteiger partial charge in [0, 0.05) is 23.2 Å². The van der Waals surface area contributed by atoms with E-state index in [1.165, 1.54) is 0 Å². The molecule has 1 heterocycles. The smallest absolute Gasteiger partial charge is 0.343 e. The average Bonchev–Trinajstić information content (AvgIpc) is 3.60. The van der Waals surface area contributed by atoms with Crippen LogP contribution in [0.4, 0.5) is 0 Å². The quantitative estimate of drug-likeness (QED) is 0.562. The SMILES string of the molecule is C=CC1=C(Sc2ccc3c(=O)c(C(=O)OCC)cn(C4CC4)c3c2OC)C(N)CC(C)(C)C1. The molecule has 0 radical (unpaired) electrons. The molecule has 0 aliphatic heterocycles. The molecule has 33 heavy (non-hydrogen) atoms. The minimum Gasteiger partial charge on any atom is -0.493 e. The molecule has 0 spiro atoms. The summed E-state index contributed by atoms with van der Waals surface area (Å²) in [5.74, 6) is 0.0395. The van der Waals surface area contributed by atoms with Gasteiger partial charge in [0.25, 0.3) is 0 Å². The lowest BCUT2D eigenvalue weighted by Crippen LogP contribution is -2.34. The van der Waals surface area contributed by atoms with Gasteiger partial charge in [0.15, 0.2) is 5.75 Å². The summed E-state index contributed by atoms with van der Waals surface area (Å²) in [6.45, 7) is 10.4. The lowest BCUT2D eigenvalue weighted by Gasteiger charge is -2.36. The first-order chi connectivity index (χ1) is 15.7. The molecule has 7 heteroatoms. The number of allylic oxidation sites excluding steroid dienone is 2. The van der Waals surface area contributed by atoms with Crippen LogP contribution in [0.25, 0.3) is 10.9 Å². The average molecular weight is 469 g/mol. The predicted octanol–water partition coefficient (Wildman–Crippen LogP) is 5.20. The summed E-state index contributed by atoms with van der Waals surface area (Å²) < 4.78 is 13.0. The molecule has 1 aromatic carbocycles. The fourth-order valence-electron chi connectivity index (χ4n) is 4.71. The van der Waals surface area contributed by atoms with Gasteiger partial charge in [0.1, 0.15) is 5.56 Å². The Morgan fingerprint density at radius 1 is 1.36 bits per heavy atom. The van der Waals surface area contributed by atoms with Gasteiger partial charge in [0.05, 0.1) is 29.5 Å². The number of thioether (sulfide) groups is 1. The van der Waals surface area contributed by atoms with Gasteiger partial charge in [-0.15, -0.1) is 0 Å². The van der Waals surface area contributed by atoms with Crippen molar-refractivity contribution in [3.8, 4) is 5.75 Å². The van der Waals surface area contributed by atoms with Crippen molar-refractivity contribution in [1.82, 2.24) is 4.57 Å². The second-order valence-corrected chi connectivity index (χ2v) is 10.7. The lowest BCUT2D eigenvalue weighted by molar-refractivity contribution is 0.0524. The number of fused-ring (bicyclic) bond motifs is 1. The zero-order valence-electron chi connectivity index (χ0n) is 19.8. The van der Waals surface area contributed by atoms with Crippen molar-refractivity contribution in [2.75, 3.05) is 13.7 Å². The molecule has 2 aliphatic carbocycles. The van der Waals surface area contributed by atoms with Crippen LogP contribution in [-0.4, -0.2) is 30.3 Å². The molecule has 1 aromatic heterocycles. The predicted molar refractivity (Wildman–Crippen MR) is 133 cm³/mol. The first kappa shape index (κ1) is 23.6. The Hall–Kier alpha value is -2.51. The van der Waals surface area contributed by atoms with E-state index >= 15 is 0 Å². The molecule has 2 aromatic rings. The second-order valence-electron chi connectivity index (χ2n) is 9.57. The van der Waals surface area contributed by atoms with Gasteiger partial charge in [-0.1, -0.05) is 38.3 Å². The number of aromatic nitrogens is 1. The number of pyridine rings is 1. The molecule has 1 fully saturated rings. The summed E-state index contributed by atoms with van der Waals surface area (Å²) >= 11 is 1.59. The second kappa shape index (κ2) is 9.03. The summed E-state index contributed by atoms with van der Waals surface area (Å²) in [6, 6.07) is 3.82. The van der Waals surface area contributed by atoms with Gasteiger partial charge in [-0.3, -0.25) is 4.79 Å². The monoisotopic (exact) mass is 468 g/mol. The maximum atomic E-state index is 13.2. The summed E-state index contributed by atoms with van der Waals surface area (Å²) in [6.07, 6.45) is 7.33. The van der Waals surface area contributed by atoms with Gasteiger partial charge in [-0.2, -0.15) is 0 Å². The normalized spacial score (nSPS) is 20.1. The van der Waals surface area contributed by atoms with Gasteiger partial charge in [0.2, 0.25) is 5.43 Å². The van der Waals surface area contributed by atoms with Crippen molar-refractivity contribution in [2.45, 2.75) is 63.4 Å². The standard InChI is InChI=1S/C26H32N2O4S/c1-6-15-12-26(3,4)13-19(27)24(15)33-20-11-10-17-21(23(20)31-5)28(16-8-9-16)14-18(22(17)29)25(30)32-7-2/h6,10-11,14,16,19H,1,7-9,12-13,27H2,2-5H3. The van der Waals surface area contributed by atoms with Crippen LogP contribution in [0.2, 0.25) is 0 Å². The fourth-order valence-corrected chi connectivity index (χ4v) is 5.87. The largest absolute Gasteiger partial charge is 0.493 e. The van der Waals surface area contributed by atoms with Crippen molar-refractivity contribution in [3.63, 3.8) is 0 Å². The third kappa shape index (κ3) is 4.49. The third-order valence-corrected chi connectivity index (χ3v) is 7.64. The van der Waals surface area contributed by atoms with E-state index in [4.69, 9.17) is 15.2 Å². The lowest BCUT2D eigenvalue weighted by atomic mass is 9.75. The van der Waals surface area contributed by atoms with E-state index in [2.05, 4.69) is 20.4 Å². The highest BCUT2D eigenvalue weighted by molar-refractivity contribution is 8.03. The van der Waals surface area contributed by atoms with Crippen molar-refractivity contribution in [3.05, 3.63) is 57.2 Å². The topological polar surface area (TPSA) is 83.5 Å². The Morgan fingerprint density at radius 3 is 2.70 bits per heavy atom. The number of ether oxygens (including phenoxy) is 2. The van der Waals surface area contributed by atoms with Crippen LogP contribution in [0.3, 0.4) is 0 Å². The minimum atomic E-state index is -0.590. The van der Waals surface area contributed by atoms with Crippen molar-refractivity contribution < 1.29 is 14.3 Å². The molecule has 0 amide bonds. The van der Waals surface area contributed by atoms with Crippen LogP contribution in [0.15, 0.2) is 51.2 Å². The van der Waals surface area contributed by atoms with Crippen molar-refractivity contribution in [1.29, 1.82) is 0 Å². The number of methoxy groups -OCH3 is 1. The van der Waals surface area contributed by atoms with Crippen LogP contribution in [0.1, 0.15) is 62.9 Å². The Balaban J connectivity index is 1.88. The van der Waals surface area contributed by atoms with Crippen LogP contribution >= 0.6 is 11.8 Å². The number of benzene rings is 1. The first-order valence-electron chi connectivity index (χ1n) is 11.4. The van der Waals surface area contributed by atoms with Crippen molar-refractivity contribution >= 4 is 28.6 Å². The number of rotatable bonds is 7. The van der Waals surface area contributed by atoms with Crippen LogP contribution < -0.4 is 15.9 Å². The maximum Gasteiger partial charge on any atom is 0.343 e. The highest BCUT2D eigenvalue weighted by atomic mass is 32.2. The van der Waals surface area contributed by atoms with Gasteiger partial charge in [-0.05, 0) is 55.7 Å². The molecule has 2 N–H and O–H groups in total. The Bertz CT molecular complexity index is 1210. The van der Waals surface area contributed by atoms with E-state index in [1.807, 2.05) is 16.7 Å². The molecule has 1 atom stereocenters. The number of carbonyl (C=O) groups is 1. The molecule has 176 valence electrons. The van der Waals surface area contributed by atoms with E-state index in [0.717, 1.165) is 41.1 Å². The minimum absolute atomic E-state index is 0.0619. The summed E-state index contributed by atoms with van der Waals surface area (Å²) in [7, 11) is 1.62. The molecule has 1 unspecified atom stereocenters. The molecular formula is C26H32N2O4S. The van der Waals surface area contributed by atoms with E-state index in [-0.39, 0.29) is 35.1 Å². The Labute approximate surface area is 198 Å². The van der Waals surface area contributed by atoms with E-state index in [0.29, 0.717) is 16.7 Å². The van der Waals surface area contributed by atoms with Gasteiger partial charge >= 0.3 is 5.97 Å². The van der Waals surface area contributed by atoms with Crippen LogP contribution in [-0.2, 0) is 4.74 Å². The molecule has 6 nitrogen and oxygen atoms in total. The van der Waals surface area contributed by atoms with Crippen LogP contribution in [0.5, 0.6) is 5.75 Å². The molecule has 2 aliphatic rings. The van der Waals surface area contributed by atoms with E-state index < -0.39 is 5.97 Å². The number of hydrogen-bond donors (Lipinski definition) is 1. The number of carbonyl (C=O) groups excluding carboxylic acids is 1.